The van der Waals surface area contributed by atoms with Gasteiger partial charge in [-0.15, -0.1) is 0 Å². The van der Waals surface area contributed by atoms with E-state index in [1.165, 1.54) is 25.1 Å². The molecule has 7 heteroatoms. The number of hydrogen-bond acceptors (Lipinski definition) is 4. The highest BCUT2D eigenvalue weighted by Crippen LogP contribution is 2.20. The second-order valence-corrected chi connectivity index (χ2v) is 4.36. The molecule has 108 valence electrons. The lowest BCUT2D eigenvalue weighted by atomic mass is 10.0. The van der Waals surface area contributed by atoms with Crippen molar-refractivity contribution in [1.29, 1.82) is 0 Å². The molecule has 1 rings (SSSR count). The van der Waals surface area contributed by atoms with Gasteiger partial charge in [-0.3, -0.25) is 19.7 Å². The average Bonchev–Trinajstić information content (AvgIpc) is 2.38. The summed E-state index contributed by atoms with van der Waals surface area (Å²) < 4.78 is 0. The van der Waals surface area contributed by atoms with Gasteiger partial charge in [0.15, 0.2) is 0 Å². The number of aliphatic carboxylic acids is 1. The van der Waals surface area contributed by atoms with Gasteiger partial charge in [-0.05, 0) is 19.4 Å². The van der Waals surface area contributed by atoms with E-state index < -0.39 is 22.7 Å². The first-order chi connectivity index (χ1) is 9.38. The molecule has 20 heavy (non-hydrogen) atoms. The highest BCUT2D eigenvalue weighted by atomic mass is 16.6. The molecule has 0 saturated carbocycles. The van der Waals surface area contributed by atoms with E-state index in [-0.39, 0.29) is 23.4 Å². The number of nitrogens with zero attached hydrogens (tertiary/aromatic N) is 1. The maximum atomic E-state index is 12.0. The van der Waals surface area contributed by atoms with Gasteiger partial charge in [0.1, 0.15) is 0 Å². The normalized spacial score (nSPS) is 11.7. The van der Waals surface area contributed by atoms with E-state index in [4.69, 9.17) is 5.11 Å². The fourth-order valence-electron chi connectivity index (χ4n) is 1.78. The Morgan fingerprint density at radius 3 is 2.60 bits per heavy atom. The topological polar surface area (TPSA) is 110 Å². The van der Waals surface area contributed by atoms with Crippen LogP contribution in [0.2, 0.25) is 0 Å². The molecule has 7 nitrogen and oxygen atoms in total. The number of rotatable bonds is 6. The van der Waals surface area contributed by atoms with Gasteiger partial charge in [0, 0.05) is 23.7 Å². The molecule has 1 atom stereocenters. The van der Waals surface area contributed by atoms with E-state index >= 15 is 0 Å². The van der Waals surface area contributed by atoms with Crippen LogP contribution in [0.4, 0.5) is 5.69 Å². The molecule has 0 radical (unpaired) electrons. The van der Waals surface area contributed by atoms with Gasteiger partial charge < -0.3 is 10.4 Å². The highest BCUT2D eigenvalue weighted by Gasteiger charge is 2.20. The molecular weight excluding hydrogens is 264 g/mol. The highest BCUT2D eigenvalue weighted by molar-refractivity contribution is 5.96. The van der Waals surface area contributed by atoms with Crippen LogP contribution < -0.4 is 5.32 Å². The van der Waals surface area contributed by atoms with Gasteiger partial charge in [-0.1, -0.05) is 13.0 Å². The number of carbonyl (C=O) groups excluding carboxylic acids is 1. The van der Waals surface area contributed by atoms with Gasteiger partial charge in [-0.2, -0.15) is 0 Å². The Hall–Kier alpha value is -2.44. The van der Waals surface area contributed by atoms with E-state index in [0.717, 1.165) is 0 Å². The Balaban J connectivity index is 2.86. The standard InChI is InChI=1S/C13H16N2O5/c1-3-9(13(17)18)7-14-12(16)10-5-4-6-11(8(10)2)15(19)20/h4-6,9H,3,7H2,1-2H3,(H,14,16)(H,17,18). The van der Waals surface area contributed by atoms with Crippen LogP contribution in [-0.4, -0.2) is 28.5 Å². The third-order valence-corrected chi connectivity index (χ3v) is 3.10. The molecule has 0 aliphatic rings. The number of nitro benzene ring substituents is 1. The maximum Gasteiger partial charge on any atom is 0.308 e. The SMILES string of the molecule is CCC(CNC(=O)c1cccc([N+](=O)[O-])c1C)C(=O)O. The van der Waals surface area contributed by atoms with Crippen LogP contribution in [-0.2, 0) is 4.79 Å². The smallest absolute Gasteiger partial charge is 0.308 e. The summed E-state index contributed by atoms with van der Waals surface area (Å²) in [5, 5.41) is 22.2. The van der Waals surface area contributed by atoms with Gasteiger partial charge in [0.2, 0.25) is 0 Å². The van der Waals surface area contributed by atoms with Crippen molar-refractivity contribution in [2.75, 3.05) is 6.54 Å². The van der Waals surface area contributed by atoms with Crippen molar-refractivity contribution in [3.8, 4) is 0 Å². The van der Waals surface area contributed by atoms with E-state index in [0.29, 0.717) is 6.42 Å². The van der Waals surface area contributed by atoms with Crippen molar-refractivity contribution in [2.24, 2.45) is 5.92 Å². The lowest BCUT2D eigenvalue weighted by molar-refractivity contribution is -0.385. The molecule has 0 aliphatic heterocycles. The minimum Gasteiger partial charge on any atom is -0.481 e. The summed E-state index contributed by atoms with van der Waals surface area (Å²) >= 11 is 0. The van der Waals surface area contributed by atoms with Gasteiger partial charge >= 0.3 is 5.97 Å². The van der Waals surface area contributed by atoms with Crippen LogP contribution >= 0.6 is 0 Å². The molecule has 0 saturated heterocycles. The molecule has 0 spiro atoms. The number of nitro groups is 1. The second-order valence-electron chi connectivity index (χ2n) is 4.36. The molecule has 0 fully saturated rings. The summed E-state index contributed by atoms with van der Waals surface area (Å²) in [6.07, 6.45) is 0.392. The molecule has 0 heterocycles. The number of nitrogens with one attached hydrogen (secondary N) is 1. The van der Waals surface area contributed by atoms with Crippen LogP contribution in [0.3, 0.4) is 0 Å². The number of benzene rings is 1. The van der Waals surface area contributed by atoms with Crippen molar-refractivity contribution >= 4 is 17.6 Å². The Kier molecular flexibility index (Phi) is 5.19. The van der Waals surface area contributed by atoms with Crippen LogP contribution in [0.5, 0.6) is 0 Å². The molecule has 1 amide bonds. The van der Waals surface area contributed by atoms with Crippen LogP contribution in [0.15, 0.2) is 18.2 Å². The number of carboxylic acids is 1. The lowest BCUT2D eigenvalue weighted by Gasteiger charge is -2.12. The second kappa shape index (κ2) is 6.65. The quantitative estimate of drug-likeness (QED) is 0.609. The summed E-state index contributed by atoms with van der Waals surface area (Å²) in [6.45, 7) is 3.19. The summed E-state index contributed by atoms with van der Waals surface area (Å²) in [5.41, 5.74) is 0.306. The fourth-order valence-corrected chi connectivity index (χ4v) is 1.78. The first-order valence-corrected chi connectivity index (χ1v) is 6.13. The zero-order chi connectivity index (χ0) is 15.3. The zero-order valence-corrected chi connectivity index (χ0v) is 11.3. The van der Waals surface area contributed by atoms with E-state index in [1.807, 2.05) is 0 Å². The molecule has 0 aromatic heterocycles. The van der Waals surface area contributed by atoms with Gasteiger partial charge in [-0.25, -0.2) is 0 Å². The third kappa shape index (κ3) is 3.53. The van der Waals surface area contributed by atoms with Crippen molar-refractivity contribution in [3.63, 3.8) is 0 Å². The zero-order valence-electron chi connectivity index (χ0n) is 11.3. The molecule has 0 bridgehead atoms. The molecule has 2 N–H and O–H groups in total. The molecule has 0 aliphatic carbocycles. The Bertz CT molecular complexity index is 542. The predicted octanol–water partition coefficient (Wildman–Crippen LogP) is 1.74. The first kappa shape index (κ1) is 15.6. The first-order valence-electron chi connectivity index (χ1n) is 6.13. The minimum absolute atomic E-state index is 0.00714. The maximum absolute atomic E-state index is 12.0. The summed E-state index contributed by atoms with van der Waals surface area (Å²) in [4.78, 5) is 33.0. The average molecular weight is 280 g/mol. The molecule has 1 aromatic rings. The number of amides is 1. The molecule has 1 unspecified atom stereocenters. The summed E-state index contributed by atoms with van der Waals surface area (Å²) in [6, 6.07) is 4.21. The Labute approximate surface area is 115 Å². The third-order valence-electron chi connectivity index (χ3n) is 3.10. The fraction of sp³-hybridized carbons (Fsp3) is 0.385. The largest absolute Gasteiger partial charge is 0.481 e. The Morgan fingerprint density at radius 2 is 2.10 bits per heavy atom. The van der Waals surface area contributed by atoms with Crippen LogP contribution in [0, 0.1) is 23.0 Å². The van der Waals surface area contributed by atoms with Crippen LogP contribution in [0.25, 0.3) is 0 Å². The van der Waals surface area contributed by atoms with Gasteiger partial charge in [0.25, 0.3) is 11.6 Å². The molecule has 1 aromatic carbocycles. The Morgan fingerprint density at radius 1 is 1.45 bits per heavy atom. The van der Waals surface area contributed by atoms with Crippen LogP contribution in [0.1, 0.15) is 29.3 Å². The number of hydrogen-bond donors (Lipinski definition) is 2. The van der Waals surface area contributed by atoms with Gasteiger partial charge in [0.05, 0.1) is 10.8 Å². The van der Waals surface area contributed by atoms with Crippen molar-refractivity contribution in [2.45, 2.75) is 20.3 Å². The van der Waals surface area contributed by atoms with E-state index in [1.54, 1.807) is 6.92 Å². The van der Waals surface area contributed by atoms with Crippen molar-refractivity contribution < 1.29 is 19.6 Å². The summed E-state index contributed by atoms with van der Waals surface area (Å²) in [5.74, 6) is -2.16. The van der Waals surface area contributed by atoms with E-state index in [9.17, 15) is 19.7 Å². The number of carboxylic acid groups (broad SMARTS) is 1. The number of carbonyl (C=O) groups is 2. The minimum atomic E-state index is -0.983. The molecular formula is C13H16N2O5. The van der Waals surface area contributed by atoms with Crippen molar-refractivity contribution in [3.05, 3.63) is 39.4 Å². The predicted molar refractivity (Wildman–Crippen MR) is 71.6 cm³/mol. The monoisotopic (exact) mass is 280 g/mol. The van der Waals surface area contributed by atoms with Crippen molar-refractivity contribution in [1.82, 2.24) is 5.32 Å². The summed E-state index contributed by atoms with van der Waals surface area (Å²) in [7, 11) is 0. The van der Waals surface area contributed by atoms with E-state index in [2.05, 4.69) is 5.32 Å². The lowest BCUT2D eigenvalue weighted by Crippen LogP contribution is -2.33.